The monoisotopic (exact) mass is 484 g/mol. The number of carbonyl (C=O) groups excluding carboxylic acids is 1. The van der Waals surface area contributed by atoms with Crippen molar-refractivity contribution in [3.63, 3.8) is 0 Å². The van der Waals surface area contributed by atoms with Gasteiger partial charge in [0.2, 0.25) is 0 Å². The van der Waals surface area contributed by atoms with Crippen LogP contribution in [0.4, 0.5) is 5.69 Å². The van der Waals surface area contributed by atoms with E-state index in [-0.39, 0.29) is 28.0 Å². The first-order valence-corrected chi connectivity index (χ1v) is 12.5. The Labute approximate surface area is 198 Å². The maximum Gasteiger partial charge on any atom is 0.296 e. The zero-order valence-electron chi connectivity index (χ0n) is 19.4. The Kier molecular flexibility index (Phi) is 6.63. The van der Waals surface area contributed by atoms with E-state index in [0.717, 1.165) is 6.42 Å². The van der Waals surface area contributed by atoms with Gasteiger partial charge in [0.1, 0.15) is 5.69 Å². The van der Waals surface area contributed by atoms with E-state index < -0.39 is 15.6 Å². The summed E-state index contributed by atoms with van der Waals surface area (Å²) in [4.78, 5) is 25.8. The van der Waals surface area contributed by atoms with E-state index in [4.69, 9.17) is 4.74 Å². The molecule has 2 heterocycles. The molecule has 0 bridgehead atoms. The summed E-state index contributed by atoms with van der Waals surface area (Å²) in [6.45, 7) is 5.17. The van der Waals surface area contributed by atoms with Crippen LogP contribution >= 0.6 is 0 Å². The SMILES string of the molecule is Cc1ccc(S(=O)(=O)Nc2c(C)n(C)n(-c3ccccc3)c2=O)cc1C(=O)NCC1CCOC1. The van der Waals surface area contributed by atoms with Crippen molar-refractivity contribution in [1.29, 1.82) is 0 Å². The number of para-hydroxylation sites is 1. The molecule has 1 fully saturated rings. The molecular weight excluding hydrogens is 456 g/mol. The standard InChI is InChI=1S/C24H28N4O5S/c1-16-9-10-20(13-21(16)23(29)25-14-18-11-12-33-15-18)34(31,32)26-22-17(2)27(3)28(24(22)30)19-7-5-4-6-8-19/h4-10,13,18,26H,11-12,14-15H2,1-3H3,(H,25,29). The predicted molar refractivity (Wildman–Crippen MR) is 129 cm³/mol. The Morgan fingerprint density at radius 3 is 2.56 bits per heavy atom. The Hall–Kier alpha value is -3.37. The highest BCUT2D eigenvalue weighted by molar-refractivity contribution is 7.92. The van der Waals surface area contributed by atoms with Gasteiger partial charge >= 0.3 is 0 Å². The van der Waals surface area contributed by atoms with Crippen LogP contribution < -0.4 is 15.6 Å². The molecule has 1 aliphatic rings. The van der Waals surface area contributed by atoms with Crippen LogP contribution in [0.3, 0.4) is 0 Å². The average Bonchev–Trinajstić information content (AvgIpc) is 3.41. The van der Waals surface area contributed by atoms with Crippen LogP contribution in [0.5, 0.6) is 0 Å². The lowest BCUT2D eigenvalue weighted by Gasteiger charge is -2.13. The quantitative estimate of drug-likeness (QED) is 0.535. The normalized spacial score (nSPS) is 15.9. The first-order valence-electron chi connectivity index (χ1n) is 11.0. The number of nitrogens with zero attached hydrogens (tertiary/aromatic N) is 2. The first kappa shape index (κ1) is 23.8. The Morgan fingerprint density at radius 1 is 1.15 bits per heavy atom. The topological polar surface area (TPSA) is 111 Å². The van der Waals surface area contributed by atoms with Gasteiger partial charge in [0, 0.05) is 31.7 Å². The summed E-state index contributed by atoms with van der Waals surface area (Å²) in [5.74, 6) is -0.0885. The number of amides is 1. The molecule has 1 saturated heterocycles. The highest BCUT2D eigenvalue weighted by Gasteiger charge is 2.24. The fourth-order valence-corrected chi connectivity index (χ4v) is 5.11. The van der Waals surface area contributed by atoms with Crippen molar-refractivity contribution in [2.75, 3.05) is 24.5 Å². The lowest BCUT2D eigenvalue weighted by atomic mass is 10.1. The van der Waals surface area contributed by atoms with Crippen molar-refractivity contribution in [2.24, 2.45) is 13.0 Å². The molecule has 1 atom stereocenters. The summed E-state index contributed by atoms with van der Waals surface area (Å²) >= 11 is 0. The first-order chi connectivity index (χ1) is 16.2. The maximum absolute atomic E-state index is 13.2. The number of hydrogen-bond donors (Lipinski definition) is 2. The fourth-order valence-electron chi connectivity index (χ4n) is 3.97. The summed E-state index contributed by atoms with van der Waals surface area (Å²) in [6.07, 6.45) is 0.883. The Morgan fingerprint density at radius 2 is 1.88 bits per heavy atom. The number of hydrogen-bond acceptors (Lipinski definition) is 5. The molecule has 9 nitrogen and oxygen atoms in total. The van der Waals surface area contributed by atoms with Crippen LogP contribution in [-0.4, -0.2) is 43.4 Å². The van der Waals surface area contributed by atoms with E-state index in [1.54, 1.807) is 55.9 Å². The highest BCUT2D eigenvalue weighted by atomic mass is 32.2. The van der Waals surface area contributed by atoms with Gasteiger partial charge in [0.25, 0.3) is 21.5 Å². The predicted octanol–water partition coefficient (Wildman–Crippen LogP) is 2.36. The zero-order valence-corrected chi connectivity index (χ0v) is 20.2. The summed E-state index contributed by atoms with van der Waals surface area (Å²) in [7, 11) is -2.44. The number of anilines is 1. The minimum Gasteiger partial charge on any atom is -0.381 e. The van der Waals surface area contributed by atoms with Crippen molar-refractivity contribution in [1.82, 2.24) is 14.7 Å². The van der Waals surface area contributed by atoms with Crippen LogP contribution in [0.25, 0.3) is 5.69 Å². The molecule has 0 saturated carbocycles. The van der Waals surface area contributed by atoms with E-state index in [0.29, 0.717) is 36.7 Å². The van der Waals surface area contributed by atoms with Gasteiger partial charge in [-0.3, -0.25) is 19.0 Å². The number of rotatable bonds is 7. The van der Waals surface area contributed by atoms with Gasteiger partial charge in [0.15, 0.2) is 0 Å². The van der Waals surface area contributed by atoms with Gasteiger partial charge in [-0.05, 0) is 50.1 Å². The minimum absolute atomic E-state index is 0.0424. The summed E-state index contributed by atoms with van der Waals surface area (Å²) in [5, 5.41) is 2.87. The third-order valence-electron chi connectivity index (χ3n) is 6.13. The second kappa shape index (κ2) is 9.47. The van der Waals surface area contributed by atoms with E-state index in [1.165, 1.54) is 16.8 Å². The number of ether oxygens (including phenoxy) is 1. The van der Waals surface area contributed by atoms with Crippen LogP contribution in [0, 0.1) is 19.8 Å². The van der Waals surface area contributed by atoms with Crippen molar-refractivity contribution in [3.8, 4) is 5.69 Å². The van der Waals surface area contributed by atoms with Crippen LogP contribution in [0.1, 0.15) is 28.0 Å². The summed E-state index contributed by atoms with van der Waals surface area (Å²) in [5.41, 5.74) is 1.47. The van der Waals surface area contributed by atoms with E-state index in [9.17, 15) is 18.0 Å². The number of aryl methyl sites for hydroxylation is 1. The van der Waals surface area contributed by atoms with Gasteiger partial charge in [-0.25, -0.2) is 13.1 Å². The van der Waals surface area contributed by atoms with Crippen molar-refractivity contribution in [2.45, 2.75) is 25.2 Å². The third kappa shape index (κ3) is 4.64. The molecule has 0 spiro atoms. The molecule has 1 unspecified atom stereocenters. The Bertz CT molecular complexity index is 1370. The van der Waals surface area contributed by atoms with Gasteiger partial charge in [0.05, 0.1) is 22.9 Å². The third-order valence-corrected chi connectivity index (χ3v) is 7.48. The molecule has 1 aliphatic heterocycles. The number of sulfonamides is 1. The minimum atomic E-state index is -4.12. The summed E-state index contributed by atoms with van der Waals surface area (Å²) < 4.78 is 37.2. The molecule has 10 heteroatoms. The summed E-state index contributed by atoms with van der Waals surface area (Å²) in [6, 6.07) is 13.3. The smallest absolute Gasteiger partial charge is 0.296 e. The zero-order chi connectivity index (χ0) is 24.5. The fraction of sp³-hybridized carbons (Fsp3) is 0.333. The van der Waals surface area contributed by atoms with E-state index >= 15 is 0 Å². The van der Waals surface area contributed by atoms with Crippen molar-refractivity contribution < 1.29 is 17.9 Å². The van der Waals surface area contributed by atoms with Crippen LogP contribution in [0.15, 0.2) is 58.2 Å². The van der Waals surface area contributed by atoms with Gasteiger partial charge in [-0.2, -0.15) is 0 Å². The van der Waals surface area contributed by atoms with Crippen molar-refractivity contribution in [3.05, 3.63) is 75.7 Å². The molecule has 2 N–H and O–H groups in total. The number of aromatic nitrogens is 2. The van der Waals surface area contributed by atoms with E-state index in [1.807, 2.05) is 6.07 Å². The van der Waals surface area contributed by atoms with Gasteiger partial charge in [-0.15, -0.1) is 0 Å². The average molecular weight is 485 g/mol. The second-order valence-electron chi connectivity index (χ2n) is 8.46. The van der Waals surface area contributed by atoms with Crippen LogP contribution in [0.2, 0.25) is 0 Å². The number of carbonyl (C=O) groups is 1. The van der Waals surface area contributed by atoms with Gasteiger partial charge in [-0.1, -0.05) is 24.3 Å². The maximum atomic E-state index is 13.2. The highest BCUT2D eigenvalue weighted by Crippen LogP contribution is 2.21. The molecule has 2 aromatic carbocycles. The lowest BCUT2D eigenvalue weighted by Crippen LogP contribution is -2.30. The number of benzene rings is 2. The molecule has 180 valence electrons. The molecular formula is C24H28N4O5S. The molecule has 4 rings (SSSR count). The second-order valence-corrected chi connectivity index (χ2v) is 10.1. The molecule has 0 aliphatic carbocycles. The molecule has 0 radical (unpaired) electrons. The molecule has 1 amide bonds. The Balaban J connectivity index is 1.61. The lowest BCUT2D eigenvalue weighted by molar-refractivity contribution is 0.0944. The van der Waals surface area contributed by atoms with Gasteiger partial charge < -0.3 is 10.1 Å². The molecule has 1 aromatic heterocycles. The molecule has 3 aromatic rings. The largest absolute Gasteiger partial charge is 0.381 e. The van der Waals surface area contributed by atoms with Crippen LogP contribution in [-0.2, 0) is 21.8 Å². The van der Waals surface area contributed by atoms with Crippen molar-refractivity contribution >= 4 is 21.6 Å². The molecule has 34 heavy (non-hydrogen) atoms. The number of nitrogens with one attached hydrogen (secondary N) is 2. The van der Waals surface area contributed by atoms with E-state index in [2.05, 4.69) is 10.0 Å².